The van der Waals surface area contributed by atoms with E-state index in [0.29, 0.717) is 30.4 Å². The average Bonchev–Trinajstić information content (AvgIpc) is 3.03. The third kappa shape index (κ3) is 6.09. The number of halogens is 1. The van der Waals surface area contributed by atoms with Gasteiger partial charge in [-0.1, -0.05) is 55.3 Å². The SMILES string of the molecule is CCCCOc1ccc(Cl)cc1Cn1nc(NC(=O)Cc2ccccc2)cc1C. The van der Waals surface area contributed by atoms with Gasteiger partial charge in [0.05, 0.1) is 19.6 Å². The molecule has 0 saturated heterocycles. The minimum atomic E-state index is -0.0906. The van der Waals surface area contributed by atoms with Crippen molar-refractivity contribution in [3.05, 3.63) is 76.4 Å². The third-order valence-electron chi connectivity index (χ3n) is 4.55. The third-order valence-corrected chi connectivity index (χ3v) is 4.79. The van der Waals surface area contributed by atoms with Gasteiger partial charge in [0.15, 0.2) is 5.82 Å². The molecular formula is C23H26ClN3O2. The molecule has 152 valence electrons. The van der Waals surface area contributed by atoms with Crippen LogP contribution in [-0.4, -0.2) is 22.3 Å². The van der Waals surface area contributed by atoms with Gasteiger partial charge in [0.25, 0.3) is 0 Å². The Balaban J connectivity index is 1.69. The van der Waals surface area contributed by atoms with Crippen molar-refractivity contribution in [3.63, 3.8) is 0 Å². The number of unbranched alkanes of at least 4 members (excludes halogenated alkanes) is 1. The normalized spacial score (nSPS) is 10.7. The summed E-state index contributed by atoms with van der Waals surface area (Å²) in [5, 5.41) is 8.07. The van der Waals surface area contributed by atoms with E-state index in [-0.39, 0.29) is 5.91 Å². The highest BCUT2D eigenvalue weighted by atomic mass is 35.5. The van der Waals surface area contributed by atoms with Crippen LogP contribution in [0.3, 0.4) is 0 Å². The van der Waals surface area contributed by atoms with Crippen molar-refractivity contribution in [2.24, 2.45) is 0 Å². The molecule has 0 spiro atoms. The summed E-state index contributed by atoms with van der Waals surface area (Å²) in [7, 11) is 0. The molecule has 0 fully saturated rings. The van der Waals surface area contributed by atoms with E-state index in [9.17, 15) is 4.79 Å². The number of nitrogens with one attached hydrogen (secondary N) is 1. The molecule has 3 rings (SSSR count). The number of benzene rings is 2. The number of nitrogens with zero attached hydrogens (tertiary/aromatic N) is 2. The lowest BCUT2D eigenvalue weighted by Gasteiger charge is -2.13. The van der Waals surface area contributed by atoms with E-state index >= 15 is 0 Å². The quantitative estimate of drug-likeness (QED) is 0.489. The minimum absolute atomic E-state index is 0.0906. The molecule has 0 aliphatic rings. The van der Waals surface area contributed by atoms with Crippen molar-refractivity contribution in [1.82, 2.24) is 9.78 Å². The van der Waals surface area contributed by atoms with Crippen molar-refractivity contribution in [2.75, 3.05) is 11.9 Å². The first-order valence-corrected chi connectivity index (χ1v) is 10.2. The van der Waals surface area contributed by atoms with E-state index in [2.05, 4.69) is 17.3 Å². The molecule has 0 atom stereocenters. The summed E-state index contributed by atoms with van der Waals surface area (Å²) >= 11 is 6.19. The Labute approximate surface area is 176 Å². The maximum Gasteiger partial charge on any atom is 0.229 e. The summed E-state index contributed by atoms with van der Waals surface area (Å²) in [5.41, 5.74) is 2.87. The Morgan fingerprint density at radius 1 is 1.17 bits per heavy atom. The molecule has 29 heavy (non-hydrogen) atoms. The van der Waals surface area contributed by atoms with Crippen LogP contribution >= 0.6 is 11.6 Å². The van der Waals surface area contributed by atoms with Crippen LogP contribution in [0.5, 0.6) is 5.75 Å². The zero-order chi connectivity index (χ0) is 20.6. The fraction of sp³-hybridized carbons (Fsp3) is 0.304. The van der Waals surface area contributed by atoms with Gasteiger partial charge in [-0.05, 0) is 37.1 Å². The molecule has 0 bridgehead atoms. The molecule has 5 nitrogen and oxygen atoms in total. The highest BCUT2D eigenvalue weighted by Gasteiger charge is 2.12. The maximum absolute atomic E-state index is 12.3. The fourth-order valence-corrected chi connectivity index (χ4v) is 3.19. The number of carbonyl (C=O) groups excluding carboxylic acids is 1. The standard InChI is InChI=1S/C23H26ClN3O2/c1-3-4-12-29-21-11-10-20(24)15-19(21)16-27-17(2)13-22(26-27)25-23(28)14-18-8-6-5-7-9-18/h5-11,13,15H,3-4,12,14,16H2,1-2H3,(H,25,26,28). The molecule has 6 heteroatoms. The molecule has 0 radical (unpaired) electrons. The molecule has 3 aromatic rings. The summed E-state index contributed by atoms with van der Waals surface area (Å²) in [6.45, 7) is 5.28. The average molecular weight is 412 g/mol. The Kier molecular flexibility index (Phi) is 7.30. The van der Waals surface area contributed by atoms with E-state index < -0.39 is 0 Å². The number of anilines is 1. The van der Waals surface area contributed by atoms with Crippen molar-refractivity contribution in [2.45, 2.75) is 39.7 Å². The second-order valence-corrected chi connectivity index (χ2v) is 7.43. The van der Waals surface area contributed by atoms with Gasteiger partial charge in [-0.3, -0.25) is 9.48 Å². The predicted molar refractivity (Wildman–Crippen MR) is 117 cm³/mol. The molecular weight excluding hydrogens is 386 g/mol. The number of rotatable bonds is 9. The Morgan fingerprint density at radius 3 is 2.72 bits per heavy atom. The zero-order valence-electron chi connectivity index (χ0n) is 16.8. The molecule has 0 unspecified atom stereocenters. The minimum Gasteiger partial charge on any atom is -0.493 e. The molecule has 2 aromatic carbocycles. The van der Waals surface area contributed by atoms with Crippen molar-refractivity contribution < 1.29 is 9.53 Å². The van der Waals surface area contributed by atoms with Crippen LogP contribution in [0, 0.1) is 6.92 Å². The molecule has 1 amide bonds. The van der Waals surface area contributed by atoms with Gasteiger partial charge in [-0.15, -0.1) is 0 Å². The van der Waals surface area contributed by atoms with E-state index in [1.54, 1.807) is 0 Å². The van der Waals surface area contributed by atoms with Gasteiger partial charge >= 0.3 is 0 Å². The fourth-order valence-electron chi connectivity index (χ4n) is 3.00. The van der Waals surface area contributed by atoms with E-state index in [0.717, 1.165) is 35.4 Å². The van der Waals surface area contributed by atoms with Crippen LogP contribution in [0.2, 0.25) is 5.02 Å². The number of hydrogen-bond donors (Lipinski definition) is 1. The Hall–Kier alpha value is -2.79. The van der Waals surface area contributed by atoms with Crippen molar-refractivity contribution in [3.8, 4) is 5.75 Å². The van der Waals surface area contributed by atoms with Crippen molar-refractivity contribution in [1.29, 1.82) is 0 Å². The van der Waals surface area contributed by atoms with Gasteiger partial charge in [-0.2, -0.15) is 5.10 Å². The number of carbonyl (C=O) groups is 1. The van der Waals surface area contributed by atoms with Crippen LogP contribution in [0.1, 0.15) is 36.6 Å². The van der Waals surface area contributed by atoms with E-state index in [1.807, 2.05) is 66.2 Å². The summed E-state index contributed by atoms with van der Waals surface area (Å²) in [5.74, 6) is 1.26. The second kappa shape index (κ2) is 10.1. The van der Waals surface area contributed by atoms with Gasteiger partial charge in [0.2, 0.25) is 5.91 Å². The van der Waals surface area contributed by atoms with Crippen molar-refractivity contribution >= 4 is 23.3 Å². The largest absolute Gasteiger partial charge is 0.493 e. The van der Waals surface area contributed by atoms with Gasteiger partial charge in [-0.25, -0.2) is 0 Å². The molecule has 1 N–H and O–H groups in total. The Morgan fingerprint density at radius 2 is 1.97 bits per heavy atom. The molecule has 1 aromatic heterocycles. The van der Waals surface area contributed by atoms with Gasteiger partial charge in [0, 0.05) is 22.3 Å². The van der Waals surface area contributed by atoms with Crippen LogP contribution < -0.4 is 10.1 Å². The topological polar surface area (TPSA) is 56.1 Å². The van der Waals surface area contributed by atoms with Gasteiger partial charge < -0.3 is 10.1 Å². The number of ether oxygens (including phenoxy) is 1. The second-order valence-electron chi connectivity index (χ2n) is 6.99. The van der Waals surface area contributed by atoms with Crippen LogP contribution in [0.4, 0.5) is 5.82 Å². The summed E-state index contributed by atoms with van der Waals surface area (Å²) in [6, 6.07) is 17.1. The summed E-state index contributed by atoms with van der Waals surface area (Å²) < 4.78 is 7.76. The van der Waals surface area contributed by atoms with E-state index in [1.165, 1.54) is 0 Å². The first-order chi connectivity index (χ1) is 14.0. The molecule has 0 saturated carbocycles. The van der Waals surface area contributed by atoms with E-state index in [4.69, 9.17) is 16.3 Å². The van der Waals surface area contributed by atoms with Crippen LogP contribution in [-0.2, 0) is 17.8 Å². The molecule has 0 aliphatic carbocycles. The monoisotopic (exact) mass is 411 g/mol. The number of aryl methyl sites for hydroxylation is 1. The number of hydrogen-bond acceptors (Lipinski definition) is 3. The zero-order valence-corrected chi connectivity index (χ0v) is 17.6. The lowest BCUT2D eigenvalue weighted by atomic mass is 10.1. The lowest BCUT2D eigenvalue weighted by Crippen LogP contribution is -2.15. The number of amides is 1. The first kappa shape index (κ1) is 20.9. The number of aromatic nitrogens is 2. The smallest absolute Gasteiger partial charge is 0.229 e. The highest BCUT2D eigenvalue weighted by Crippen LogP contribution is 2.25. The highest BCUT2D eigenvalue weighted by molar-refractivity contribution is 6.30. The summed E-state index contributed by atoms with van der Waals surface area (Å²) in [4.78, 5) is 12.3. The summed E-state index contributed by atoms with van der Waals surface area (Å²) in [6.07, 6.45) is 2.39. The predicted octanol–water partition coefficient (Wildman–Crippen LogP) is 5.25. The van der Waals surface area contributed by atoms with Gasteiger partial charge in [0.1, 0.15) is 5.75 Å². The first-order valence-electron chi connectivity index (χ1n) is 9.84. The van der Waals surface area contributed by atoms with Crippen LogP contribution in [0.25, 0.3) is 0 Å². The van der Waals surface area contributed by atoms with Crippen LogP contribution in [0.15, 0.2) is 54.6 Å². The molecule has 0 aliphatic heterocycles. The maximum atomic E-state index is 12.3. The lowest BCUT2D eigenvalue weighted by molar-refractivity contribution is -0.115. The Bertz CT molecular complexity index is 954. The molecule has 1 heterocycles.